The molecule has 150 valence electrons. The molecule has 6 heteroatoms. The lowest BCUT2D eigenvalue weighted by molar-refractivity contribution is -0.123. The van der Waals surface area contributed by atoms with Gasteiger partial charge in [-0.2, -0.15) is 0 Å². The van der Waals surface area contributed by atoms with Crippen molar-refractivity contribution in [1.29, 1.82) is 0 Å². The first-order valence-electron chi connectivity index (χ1n) is 10.4. The molecule has 2 aliphatic rings. The molecule has 0 bridgehead atoms. The van der Waals surface area contributed by atoms with E-state index in [0.29, 0.717) is 18.5 Å². The van der Waals surface area contributed by atoms with Gasteiger partial charge in [-0.15, -0.1) is 0 Å². The van der Waals surface area contributed by atoms with E-state index < -0.39 is 0 Å². The first-order chi connectivity index (χ1) is 12.9. The molecular formula is C21H34N4O2. The molecule has 0 aliphatic carbocycles. The van der Waals surface area contributed by atoms with Crippen LogP contribution in [0.15, 0.2) is 6.07 Å². The highest BCUT2D eigenvalue weighted by molar-refractivity contribution is 5.95. The van der Waals surface area contributed by atoms with Crippen molar-refractivity contribution in [1.82, 2.24) is 20.1 Å². The lowest BCUT2D eigenvalue weighted by Crippen LogP contribution is -2.46. The fraction of sp³-hybridized carbons (Fsp3) is 0.714. The minimum Gasteiger partial charge on any atom is -0.354 e. The molecule has 1 aromatic rings. The van der Waals surface area contributed by atoms with Gasteiger partial charge in [0.15, 0.2) is 0 Å². The van der Waals surface area contributed by atoms with Gasteiger partial charge in [-0.3, -0.25) is 9.59 Å². The van der Waals surface area contributed by atoms with Gasteiger partial charge in [0.05, 0.1) is 11.6 Å². The normalized spacial score (nSPS) is 23.1. The van der Waals surface area contributed by atoms with E-state index in [1.165, 1.54) is 0 Å². The molecule has 2 amide bonds. The van der Waals surface area contributed by atoms with Gasteiger partial charge < -0.3 is 20.1 Å². The quantitative estimate of drug-likeness (QED) is 0.832. The number of amides is 2. The Kier molecular flexibility index (Phi) is 6.25. The van der Waals surface area contributed by atoms with Crippen molar-refractivity contribution in [2.24, 2.45) is 5.92 Å². The lowest BCUT2D eigenvalue weighted by atomic mass is 9.97. The third-order valence-corrected chi connectivity index (χ3v) is 5.98. The predicted molar refractivity (Wildman–Crippen MR) is 107 cm³/mol. The second-order valence-corrected chi connectivity index (χ2v) is 8.40. The Morgan fingerprint density at radius 3 is 2.67 bits per heavy atom. The summed E-state index contributed by atoms with van der Waals surface area (Å²) in [5.41, 5.74) is 3.01. The number of nitrogens with zero attached hydrogens (tertiary/aromatic N) is 2. The Hall–Kier alpha value is -1.82. The summed E-state index contributed by atoms with van der Waals surface area (Å²) >= 11 is 0. The van der Waals surface area contributed by atoms with Gasteiger partial charge in [-0.1, -0.05) is 0 Å². The zero-order valence-corrected chi connectivity index (χ0v) is 17.2. The van der Waals surface area contributed by atoms with Crippen molar-refractivity contribution in [3.63, 3.8) is 0 Å². The number of carbonyl (C=O) groups excluding carboxylic acids is 2. The van der Waals surface area contributed by atoms with Crippen LogP contribution in [-0.4, -0.2) is 53.5 Å². The van der Waals surface area contributed by atoms with Crippen LogP contribution in [0.4, 0.5) is 0 Å². The average Bonchev–Trinajstić information content (AvgIpc) is 3.27. The maximum Gasteiger partial charge on any atom is 0.255 e. The molecule has 0 radical (unpaired) electrons. The van der Waals surface area contributed by atoms with Crippen molar-refractivity contribution in [2.45, 2.75) is 65.5 Å². The van der Waals surface area contributed by atoms with E-state index in [4.69, 9.17) is 0 Å². The van der Waals surface area contributed by atoms with E-state index >= 15 is 0 Å². The first kappa shape index (κ1) is 19.9. The molecule has 6 nitrogen and oxygen atoms in total. The lowest BCUT2D eigenvalue weighted by Gasteiger charge is -2.33. The molecule has 3 heterocycles. The van der Waals surface area contributed by atoms with Crippen LogP contribution in [0.2, 0.25) is 0 Å². The summed E-state index contributed by atoms with van der Waals surface area (Å²) in [5.74, 6) is 0.571. The summed E-state index contributed by atoms with van der Waals surface area (Å²) in [6, 6.07) is 2.34. The molecule has 0 spiro atoms. The van der Waals surface area contributed by atoms with Gasteiger partial charge in [-0.25, -0.2) is 0 Å². The number of likely N-dealkylation sites (tertiary alicyclic amines) is 1. The molecule has 3 rings (SSSR count). The maximum atomic E-state index is 13.1. The number of hydrogen-bond donors (Lipinski definition) is 2. The summed E-state index contributed by atoms with van der Waals surface area (Å²) in [6.45, 7) is 11.5. The minimum atomic E-state index is -0.0345. The van der Waals surface area contributed by atoms with Gasteiger partial charge >= 0.3 is 0 Å². The van der Waals surface area contributed by atoms with Crippen LogP contribution in [0, 0.1) is 19.8 Å². The zero-order valence-electron chi connectivity index (χ0n) is 17.2. The Labute approximate surface area is 162 Å². The number of aryl methyl sites for hydroxylation is 1. The number of rotatable bonds is 5. The van der Waals surface area contributed by atoms with Gasteiger partial charge in [0, 0.05) is 37.1 Å². The second kappa shape index (κ2) is 8.46. The molecule has 2 N–H and O–H groups in total. The monoisotopic (exact) mass is 374 g/mol. The van der Waals surface area contributed by atoms with E-state index in [0.717, 1.165) is 62.3 Å². The average molecular weight is 375 g/mol. The van der Waals surface area contributed by atoms with E-state index in [9.17, 15) is 9.59 Å². The number of aromatic nitrogens is 1. The van der Waals surface area contributed by atoms with Gasteiger partial charge in [0.25, 0.3) is 5.91 Å². The van der Waals surface area contributed by atoms with Crippen LogP contribution in [-0.2, 0) is 4.79 Å². The van der Waals surface area contributed by atoms with Crippen molar-refractivity contribution >= 4 is 11.8 Å². The minimum absolute atomic E-state index is 0.0345. The molecule has 2 unspecified atom stereocenters. The fourth-order valence-corrected chi connectivity index (χ4v) is 4.65. The fourth-order valence-electron chi connectivity index (χ4n) is 4.65. The maximum absolute atomic E-state index is 13.1. The summed E-state index contributed by atoms with van der Waals surface area (Å²) in [5, 5.41) is 6.33. The Morgan fingerprint density at radius 1 is 1.26 bits per heavy atom. The summed E-state index contributed by atoms with van der Waals surface area (Å²) < 4.78 is 2.23. The molecule has 27 heavy (non-hydrogen) atoms. The van der Waals surface area contributed by atoms with Crippen LogP contribution < -0.4 is 10.6 Å². The van der Waals surface area contributed by atoms with E-state index in [1.807, 2.05) is 17.9 Å². The highest BCUT2D eigenvalue weighted by Crippen LogP contribution is 2.24. The molecule has 1 aromatic heterocycles. The second-order valence-electron chi connectivity index (χ2n) is 8.40. The Balaban J connectivity index is 1.59. The van der Waals surface area contributed by atoms with Crippen LogP contribution in [0.3, 0.4) is 0 Å². The van der Waals surface area contributed by atoms with Crippen molar-refractivity contribution in [2.75, 3.05) is 26.2 Å². The van der Waals surface area contributed by atoms with Crippen molar-refractivity contribution in [3.8, 4) is 0 Å². The standard InChI is InChI=1S/C21H34N4O2/c1-14(2)25-15(3)11-18(16(25)4)21(27)24-10-6-7-17(13-24)12-23-20(26)19-8-5-9-22-19/h11,14,17,19,22H,5-10,12-13H2,1-4H3,(H,23,26). The molecule has 2 saturated heterocycles. The first-order valence-corrected chi connectivity index (χ1v) is 10.4. The number of hydrogen-bond acceptors (Lipinski definition) is 3. The topological polar surface area (TPSA) is 66.4 Å². The highest BCUT2D eigenvalue weighted by Gasteiger charge is 2.28. The van der Waals surface area contributed by atoms with Gasteiger partial charge in [0.2, 0.25) is 5.91 Å². The van der Waals surface area contributed by atoms with Gasteiger partial charge in [0.1, 0.15) is 0 Å². The largest absolute Gasteiger partial charge is 0.354 e. The van der Waals surface area contributed by atoms with Crippen LogP contribution in [0.1, 0.15) is 67.3 Å². The predicted octanol–water partition coefficient (Wildman–Crippen LogP) is 2.41. The third-order valence-electron chi connectivity index (χ3n) is 5.98. The summed E-state index contributed by atoms with van der Waals surface area (Å²) in [7, 11) is 0. The molecule has 2 aliphatic heterocycles. The van der Waals surface area contributed by atoms with E-state index in [2.05, 4.69) is 36.0 Å². The molecule has 2 fully saturated rings. The summed E-state index contributed by atoms with van der Waals surface area (Å²) in [6.07, 6.45) is 4.05. The Morgan fingerprint density at radius 2 is 2.04 bits per heavy atom. The van der Waals surface area contributed by atoms with E-state index in [1.54, 1.807) is 0 Å². The summed E-state index contributed by atoms with van der Waals surface area (Å²) in [4.78, 5) is 27.3. The Bertz CT molecular complexity index is 689. The van der Waals surface area contributed by atoms with Gasteiger partial charge in [-0.05, 0) is 71.9 Å². The van der Waals surface area contributed by atoms with Crippen molar-refractivity contribution < 1.29 is 9.59 Å². The molecule has 0 saturated carbocycles. The SMILES string of the molecule is Cc1cc(C(=O)N2CCCC(CNC(=O)C3CCCN3)C2)c(C)n1C(C)C. The van der Waals surface area contributed by atoms with E-state index in [-0.39, 0.29) is 17.9 Å². The highest BCUT2D eigenvalue weighted by atomic mass is 16.2. The molecule has 2 atom stereocenters. The zero-order chi connectivity index (χ0) is 19.6. The number of piperidine rings is 1. The molecule has 0 aromatic carbocycles. The van der Waals surface area contributed by atoms with Crippen LogP contribution in [0.5, 0.6) is 0 Å². The van der Waals surface area contributed by atoms with Crippen molar-refractivity contribution in [3.05, 3.63) is 23.0 Å². The van der Waals surface area contributed by atoms with Crippen LogP contribution >= 0.6 is 0 Å². The number of carbonyl (C=O) groups is 2. The number of nitrogens with one attached hydrogen (secondary N) is 2. The van der Waals surface area contributed by atoms with Crippen LogP contribution in [0.25, 0.3) is 0 Å². The smallest absolute Gasteiger partial charge is 0.255 e. The third kappa shape index (κ3) is 4.37. The molecular weight excluding hydrogens is 340 g/mol.